The summed E-state index contributed by atoms with van der Waals surface area (Å²) in [6.07, 6.45) is -4.40. The average molecular weight is 308 g/mol. The minimum atomic E-state index is -4.48. The number of aryl methyl sites for hydroxylation is 1. The van der Waals surface area contributed by atoms with Gasteiger partial charge < -0.3 is 0 Å². The molecule has 3 nitrogen and oxygen atoms in total. The maximum absolute atomic E-state index is 13.7. The van der Waals surface area contributed by atoms with Gasteiger partial charge in [-0.1, -0.05) is 42.0 Å². The summed E-state index contributed by atoms with van der Waals surface area (Å²) in [5.41, 5.74) is 3.25. The normalized spacial score (nSPS) is 17.7. The molecule has 1 fully saturated rings. The van der Waals surface area contributed by atoms with Gasteiger partial charge in [-0.25, -0.2) is 5.01 Å². The molecule has 2 aromatic rings. The van der Waals surface area contributed by atoms with E-state index < -0.39 is 12.2 Å². The summed E-state index contributed by atoms with van der Waals surface area (Å²) in [7, 11) is 0. The van der Waals surface area contributed by atoms with E-state index in [9.17, 15) is 18.0 Å². The molecule has 0 radical (unpaired) electrons. The Bertz CT molecular complexity index is 727. The third-order valence-electron chi connectivity index (χ3n) is 3.80. The highest BCUT2D eigenvalue weighted by Gasteiger charge is 2.47. The SMILES string of the molecule is Cc1cc([C@H](N2CCC(=O)N2)C(F)(F)F)c2ccccc2c1. The van der Waals surface area contributed by atoms with Crippen LogP contribution in [-0.2, 0) is 4.79 Å². The summed E-state index contributed by atoms with van der Waals surface area (Å²) in [4.78, 5) is 11.3. The fraction of sp³-hybridized carbons (Fsp3) is 0.312. The van der Waals surface area contributed by atoms with Gasteiger partial charge in [-0.15, -0.1) is 0 Å². The summed E-state index contributed by atoms with van der Waals surface area (Å²) in [5.74, 6) is -0.383. The van der Waals surface area contributed by atoms with Gasteiger partial charge in [0, 0.05) is 13.0 Å². The summed E-state index contributed by atoms with van der Waals surface area (Å²) in [6, 6.07) is 8.55. The molecule has 1 atom stereocenters. The van der Waals surface area contributed by atoms with Crippen LogP contribution in [0.5, 0.6) is 0 Å². The van der Waals surface area contributed by atoms with Gasteiger partial charge >= 0.3 is 6.18 Å². The Morgan fingerprint density at radius 1 is 1.23 bits per heavy atom. The second kappa shape index (κ2) is 5.28. The topological polar surface area (TPSA) is 32.3 Å². The quantitative estimate of drug-likeness (QED) is 0.921. The fourth-order valence-corrected chi connectivity index (χ4v) is 2.93. The number of carbonyl (C=O) groups excluding carboxylic acids is 1. The predicted octanol–water partition coefficient (Wildman–Crippen LogP) is 3.49. The number of amides is 1. The molecule has 2 aromatic carbocycles. The number of carbonyl (C=O) groups is 1. The summed E-state index contributed by atoms with van der Waals surface area (Å²) < 4.78 is 41.0. The number of benzene rings is 2. The van der Waals surface area contributed by atoms with Crippen LogP contribution in [0.3, 0.4) is 0 Å². The smallest absolute Gasteiger partial charge is 0.288 e. The minimum Gasteiger partial charge on any atom is -0.288 e. The number of hydrazine groups is 1. The van der Waals surface area contributed by atoms with E-state index in [4.69, 9.17) is 0 Å². The van der Waals surface area contributed by atoms with Crippen LogP contribution in [0.1, 0.15) is 23.6 Å². The molecule has 0 unspecified atom stereocenters. The van der Waals surface area contributed by atoms with E-state index in [0.717, 1.165) is 16.0 Å². The van der Waals surface area contributed by atoms with Crippen molar-refractivity contribution in [2.24, 2.45) is 0 Å². The van der Waals surface area contributed by atoms with Crippen molar-refractivity contribution in [2.45, 2.75) is 25.6 Å². The van der Waals surface area contributed by atoms with Crippen LogP contribution in [0.2, 0.25) is 0 Å². The highest BCUT2D eigenvalue weighted by atomic mass is 19.4. The largest absolute Gasteiger partial charge is 0.409 e. The Morgan fingerprint density at radius 2 is 1.95 bits per heavy atom. The molecule has 0 saturated carbocycles. The van der Waals surface area contributed by atoms with Crippen LogP contribution in [0, 0.1) is 6.92 Å². The molecule has 1 N–H and O–H groups in total. The molecular formula is C16H15F3N2O. The van der Waals surface area contributed by atoms with Gasteiger partial charge in [0.05, 0.1) is 0 Å². The predicted molar refractivity (Wildman–Crippen MR) is 76.9 cm³/mol. The first-order valence-corrected chi connectivity index (χ1v) is 6.98. The van der Waals surface area contributed by atoms with Crippen molar-refractivity contribution in [3.8, 4) is 0 Å². The number of hydrogen-bond acceptors (Lipinski definition) is 2. The average Bonchev–Trinajstić information content (AvgIpc) is 2.83. The van der Waals surface area contributed by atoms with Crippen molar-refractivity contribution in [1.82, 2.24) is 10.4 Å². The molecule has 22 heavy (non-hydrogen) atoms. The van der Waals surface area contributed by atoms with Crippen LogP contribution >= 0.6 is 0 Å². The third-order valence-corrected chi connectivity index (χ3v) is 3.80. The molecule has 0 bridgehead atoms. The number of alkyl halides is 3. The zero-order valence-corrected chi connectivity index (χ0v) is 11.9. The summed E-state index contributed by atoms with van der Waals surface area (Å²) >= 11 is 0. The molecule has 1 saturated heterocycles. The number of fused-ring (bicyclic) bond motifs is 1. The van der Waals surface area contributed by atoms with Crippen molar-refractivity contribution < 1.29 is 18.0 Å². The monoisotopic (exact) mass is 308 g/mol. The number of nitrogens with one attached hydrogen (secondary N) is 1. The number of nitrogens with zero attached hydrogens (tertiary/aromatic N) is 1. The molecule has 116 valence electrons. The molecule has 0 aliphatic carbocycles. The maximum Gasteiger partial charge on any atom is 0.409 e. The Kier molecular flexibility index (Phi) is 3.56. The lowest BCUT2D eigenvalue weighted by Gasteiger charge is -2.30. The molecule has 6 heteroatoms. The highest BCUT2D eigenvalue weighted by molar-refractivity contribution is 5.87. The van der Waals surface area contributed by atoms with Gasteiger partial charge in [-0.3, -0.25) is 10.2 Å². The third kappa shape index (κ3) is 2.66. The molecule has 1 aliphatic heterocycles. The van der Waals surface area contributed by atoms with Gasteiger partial charge in [-0.05, 0) is 23.3 Å². The Morgan fingerprint density at radius 3 is 2.59 bits per heavy atom. The lowest BCUT2D eigenvalue weighted by molar-refractivity contribution is -0.190. The second-order valence-corrected chi connectivity index (χ2v) is 5.50. The lowest BCUT2D eigenvalue weighted by atomic mass is 9.95. The van der Waals surface area contributed by atoms with Crippen molar-refractivity contribution in [3.05, 3.63) is 47.5 Å². The first kappa shape index (κ1) is 14.8. The van der Waals surface area contributed by atoms with Gasteiger partial charge in [0.15, 0.2) is 6.04 Å². The van der Waals surface area contributed by atoms with Crippen LogP contribution in [0.15, 0.2) is 36.4 Å². The van der Waals surface area contributed by atoms with Gasteiger partial charge in [-0.2, -0.15) is 13.2 Å². The second-order valence-electron chi connectivity index (χ2n) is 5.50. The fourth-order valence-electron chi connectivity index (χ4n) is 2.93. The number of halogens is 3. The first-order valence-electron chi connectivity index (χ1n) is 6.98. The molecule has 3 rings (SSSR count). The maximum atomic E-state index is 13.7. The van der Waals surface area contributed by atoms with Crippen molar-refractivity contribution in [2.75, 3.05) is 6.54 Å². The first-order chi connectivity index (χ1) is 10.4. The summed E-state index contributed by atoms with van der Waals surface area (Å²) in [5, 5.41) is 2.30. The van der Waals surface area contributed by atoms with Crippen LogP contribution in [-0.4, -0.2) is 23.6 Å². The van der Waals surface area contributed by atoms with Crippen LogP contribution in [0.4, 0.5) is 13.2 Å². The zero-order chi connectivity index (χ0) is 15.9. The lowest BCUT2D eigenvalue weighted by Crippen LogP contribution is -2.43. The Labute approximate surface area is 125 Å². The van der Waals surface area contributed by atoms with Gasteiger partial charge in [0.1, 0.15) is 0 Å². The van der Waals surface area contributed by atoms with Crippen LogP contribution in [0.25, 0.3) is 10.8 Å². The standard InChI is InChI=1S/C16H15F3N2O/c1-10-8-11-4-2-3-5-12(11)13(9-10)15(16(17,18)19)21-7-6-14(22)20-21/h2-5,8-9,15H,6-7H2,1H3,(H,20,22)/t15-/m0/s1. The van der Waals surface area contributed by atoms with E-state index in [1.165, 1.54) is 0 Å². The molecule has 1 aliphatic rings. The molecule has 1 heterocycles. The highest BCUT2D eigenvalue weighted by Crippen LogP contribution is 2.41. The van der Waals surface area contributed by atoms with E-state index in [1.54, 1.807) is 37.3 Å². The van der Waals surface area contributed by atoms with E-state index in [0.29, 0.717) is 5.39 Å². The number of hydrogen-bond donors (Lipinski definition) is 1. The molecule has 1 amide bonds. The Hall–Kier alpha value is -2.08. The molecular weight excluding hydrogens is 293 g/mol. The molecule has 0 spiro atoms. The summed E-state index contributed by atoms with van der Waals surface area (Å²) in [6.45, 7) is 1.82. The van der Waals surface area contributed by atoms with E-state index >= 15 is 0 Å². The van der Waals surface area contributed by atoms with Crippen molar-refractivity contribution >= 4 is 16.7 Å². The van der Waals surface area contributed by atoms with Gasteiger partial charge in [0.25, 0.3) is 0 Å². The van der Waals surface area contributed by atoms with Crippen molar-refractivity contribution in [3.63, 3.8) is 0 Å². The van der Waals surface area contributed by atoms with Crippen molar-refractivity contribution in [1.29, 1.82) is 0 Å². The molecule has 0 aromatic heterocycles. The number of rotatable bonds is 2. The van der Waals surface area contributed by atoms with Crippen LogP contribution < -0.4 is 5.43 Å². The van der Waals surface area contributed by atoms with Gasteiger partial charge in [0.2, 0.25) is 5.91 Å². The minimum absolute atomic E-state index is 0.0469. The zero-order valence-electron chi connectivity index (χ0n) is 11.9. The van der Waals surface area contributed by atoms with E-state index in [2.05, 4.69) is 5.43 Å². The van der Waals surface area contributed by atoms with E-state index in [1.807, 2.05) is 6.07 Å². The van der Waals surface area contributed by atoms with E-state index in [-0.39, 0.29) is 24.4 Å². The Balaban J connectivity index is 2.18.